The van der Waals surface area contributed by atoms with E-state index in [1.807, 2.05) is 0 Å². The van der Waals surface area contributed by atoms with E-state index in [-0.39, 0.29) is 17.9 Å². The molecular formula is C29H45IO4. The first-order valence-electron chi connectivity index (χ1n) is 14.2. The van der Waals surface area contributed by atoms with E-state index in [0.29, 0.717) is 44.5 Å². The quantitative estimate of drug-likeness (QED) is 0.194. The van der Waals surface area contributed by atoms with Gasteiger partial charge in [0.15, 0.2) is 5.79 Å². The Morgan fingerprint density at radius 1 is 0.971 bits per heavy atom. The van der Waals surface area contributed by atoms with Crippen molar-refractivity contribution in [3.63, 3.8) is 0 Å². The van der Waals surface area contributed by atoms with E-state index >= 15 is 0 Å². The van der Waals surface area contributed by atoms with Gasteiger partial charge >= 0.3 is 5.97 Å². The summed E-state index contributed by atoms with van der Waals surface area (Å²) in [6.45, 7) is 12.4. The minimum atomic E-state index is -0.355. The van der Waals surface area contributed by atoms with Crippen LogP contribution in [0.15, 0.2) is 0 Å². The van der Waals surface area contributed by atoms with Crippen molar-refractivity contribution in [2.45, 2.75) is 114 Å². The standard InChI is InChI=1S/C29H45IO4/c1-16-12-25(30)29(32-15-16)17(2)26-24(34-29)14-23-21-7-6-19-13-20(33-18(3)31)8-10-27(19,4)22(21)9-11-28(23,26)5/h16-17,19-26H,6-15H2,1-5H3/t16-,17+,19+,20+,21-,22+,23+,24+,25-,26+,27+,28+,29+/m1/s1. The molecule has 4 nitrogen and oxygen atoms in total. The maximum atomic E-state index is 11.6. The van der Waals surface area contributed by atoms with Gasteiger partial charge < -0.3 is 14.2 Å². The van der Waals surface area contributed by atoms with Crippen molar-refractivity contribution >= 4 is 28.6 Å². The van der Waals surface area contributed by atoms with Crippen LogP contribution in [0.2, 0.25) is 0 Å². The Hall–Kier alpha value is 0.120. The summed E-state index contributed by atoms with van der Waals surface area (Å²) in [7, 11) is 0. The maximum absolute atomic E-state index is 11.6. The second-order valence-electron chi connectivity index (χ2n) is 13.8. The van der Waals surface area contributed by atoms with Crippen molar-refractivity contribution < 1.29 is 19.0 Å². The molecule has 2 aliphatic heterocycles. The van der Waals surface area contributed by atoms with Crippen LogP contribution in [0.4, 0.5) is 0 Å². The van der Waals surface area contributed by atoms with Crippen molar-refractivity contribution in [1.82, 2.24) is 0 Å². The van der Waals surface area contributed by atoms with Crippen molar-refractivity contribution in [3.05, 3.63) is 0 Å². The molecule has 0 N–H and O–H groups in total. The summed E-state index contributed by atoms with van der Waals surface area (Å²) in [5.74, 6) is 4.46. The van der Waals surface area contributed by atoms with E-state index in [9.17, 15) is 4.79 Å². The Labute approximate surface area is 220 Å². The Balaban J connectivity index is 1.22. The number of halogens is 1. The fourth-order valence-electron chi connectivity index (χ4n) is 10.7. The van der Waals surface area contributed by atoms with Crippen LogP contribution in [0.5, 0.6) is 0 Å². The number of alkyl halides is 1. The minimum Gasteiger partial charge on any atom is -0.463 e. The van der Waals surface area contributed by atoms with Crippen LogP contribution in [-0.4, -0.2) is 34.5 Å². The number of ether oxygens (including phenoxy) is 3. The molecular weight excluding hydrogens is 539 g/mol. The molecule has 0 radical (unpaired) electrons. The summed E-state index contributed by atoms with van der Waals surface area (Å²) >= 11 is 2.63. The molecule has 4 aliphatic carbocycles. The van der Waals surface area contributed by atoms with Crippen LogP contribution >= 0.6 is 22.6 Å². The molecule has 5 heteroatoms. The van der Waals surface area contributed by atoms with Crippen LogP contribution in [-0.2, 0) is 19.0 Å². The predicted octanol–water partition coefficient (Wildman–Crippen LogP) is 6.78. The number of hydrogen-bond acceptors (Lipinski definition) is 4. The smallest absolute Gasteiger partial charge is 0.302 e. The van der Waals surface area contributed by atoms with Crippen LogP contribution in [0, 0.1) is 52.3 Å². The first-order valence-corrected chi connectivity index (χ1v) is 15.5. The molecule has 0 aromatic heterocycles. The van der Waals surface area contributed by atoms with Crippen LogP contribution in [0.25, 0.3) is 0 Å². The van der Waals surface area contributed by atoms with Crippen LogP contribution in [0.3, 0.4) is 0 Å². The van der Waals surface area contributed by atoms with Gasteiger partial charge in [-0.3, -0.25) is 4.79 Å². The second kappa shape index (κ2) is 8.31. The summed E-state index contributed by atoms with van der Waals surface area (Å²) in [5, 5.41) is 0. The zero-order valence-electron chi connectivity index (χ0n) is 21.9. The van der Waals surface area contributed by atoms with Crippen molar-refractivity contribution in [1.29, 1.82) is 0 Å². The van der Waals surface area contributed by atoms with E-state index in [1.165, 1.54) is 44.9 Å². The van der Waals surface area contributed by atoms with Crippen molar-refractivity contribution in [2.24, 2.45) is 52.3 Å². The number of carbonyl (C=O) groups excluding carboxylic acids is 1. The first-order chi connectivity index (χ1) is 16.1. The van der Waals surface area contributed by atoms with Gasteiger partial charge in [-0.15, -0.1) is 0 Å². The molecule has 34 heavy (non-hydrogen) atoms. The highest BCUT2D eigenvalue weighted by Crippen LogP contribution is 2.71. The van der Waals surface area contributed by atoms with Crippen molar-refractivity contribution in [2.75, 3.05) is 6.61 Å². The van der Waals surface area contributed by atoms with E-state index in [4.69, 9.17) is 14.2 Å². The average Bonchev–Trinajstić information content (AvgIpc) is 3.22. The number of hydrogen-bond donors (Lipinski definition) is 0. The fourth-order valence-corrected chi connectivity index (χ4v) is 12.4. The van der Waals surface area contributed by atoms with Gasteiger partial charge in [-0.1, -0.05) is 50.3 Å². The summed E-state index contributed by atoms with van der Waals surface area (Å²) in [6.07, 6.45) is 11.7. The lowest BCUT2D eigenvalue weighted by atomic mass is 9.44. The Morgan fingerprint density at radius 2 is 1.74 bits per heavy atom. The molecule has 6 rings (SSSR count). The van der Waals surface area contributed by atoms with Crippen LogP contribution in [0.1, 0.15) is 92.4 Å². The monoisotopic (exact) mass is 584 g/mol. The van der Waals surface area contributed by atoms with Gasteiger partial charge in [-0.05, 0) is 104 Å². The van der Waals surface area contributed by atoms with Gasteiger partial charge in [0.25, 0.3) is 0 Å². The molecule has 2 saturated heterocycles. The third-order valence-corrected chi connectivity index (χ3v) is 13.6. The fraction of sp³-hybridized carbons (Fsp3) is 0.966. The Bertz CT molecular complexity index is 833. The molecule has 4 saturated carbocycles. The molecule has 0 bridgehead atoms. The molecule has 6 aliphatic rings. The normalized spacial score (nSPS) is 58.5. The lowest BCUT2D eigenvalue weighted by Crippen LogP contribution is -2.56. The highest BCUT2D eigenvalue weighted by molar-refractivity contribution is 14.1. The lowest BCUT2D eigenvalue weighted by Gasteiger charge is -2.61. The molecule has 1 spiro atoms. The zero-order chi connectivity index (χ0) is 24.0. The molecule has 0 aromatic carbocycles. The van der Waals surface area contributed by atoms with Gasteiger partial charge in [0, 0.05) is 12.8 Å². The molecule has 0 aromatic rings. The Kier molecular flexibility index (Phi) is 5.98. The molecule has 13 atom stereocenters. The number of fused-ring (bicyclic) bond motifs is 7. The van der Waals surface area contributed by atoms with Gasteiger partial charge in [0.05, 0.1) is 16.6 Å². The predicted molar refractivity (Wildman–Crippen MR) is 140 cm³/mol. The highest BCUT2D eigenvalue weighted by Gasteiger charge is 2.70. The Morgan fingerprint density at radius 3 is 2.47 bits per heavy atom. The van der Waals surface area contributed by atoms with Gasteiger partial charge in [0.1, 0.15) is 6.10 Å². The van der Waals surface area contributed by atoms with Crippen molar-refractivity contribution in [3.8, 4) is 0 Å². The minimum absolute atomic E-state index is 0.106. The van der Waals surface area contributed by atoms with E-state index in [2.05, 4.69) is 50.3 Å². The zero-order valence-corrected chi connectivity index (χ0v) is 24.0. The number of esters is 1. The third kappa shape index (κ3) is 3.37. The average molecular weight is 585 g/mol. The number of carbonyl (C=O) groups is 1. The summed E-state index contributed by atoms with van der Waals surface area (Å²) < 4.78 is 19.7. The SMILES string of the molecule is CC(=O)O[C@H]1CC[C@@]2(C)[C@@H](CC[C@@H]3[C@@H]2CC[C@]2(C)[C@@H]4[C@H](C[C@@H]32)O[C@@]2(OC[C@H](C)C[C@H]2I)[C@H]4C)C1. The molecule has 192 valence electrons. The lowest BCUT2D eigenvalue weighted by molar-refractivity contribution is -0.265. The maximum Gasteiger partial charge on any atom is 0.302 e. The van der Waals surface area contributed by atoms with Crippen LogP contribution < -0.4 is 0 Å². The molecule has 2 heterocycles. The highest BCUT2D eigenvalue weighted by atomic mass is 127. The molecule has 0 amide bonds. The summed E-state index contributed by atoms with van der Waals surface area (Å²) in [6, 6.07) is 0. The number of rotatable bonds is 1. The molecule has 6 fully saturated rings. The van der Waals surface area contributed by atoms with E-state index in [0.717, 1.165) is 37.2 Å². The largest absolute Gasteiger partial charge is 0.463 e. The molecule has 0 unspecified atom stereocenters. The second-order valence-corrected chi connectivity index (χ2v) is 15.3. The summed E-state index contributed by atoms with van der Waals surface area (Å²) in [5.41, 5.74) is 0.803. The first kappa shape index (κ1) is 24.5. The topological polar surface area (TPSA) is 44.8 Å². The summed E-state index contributed by atoms with van der Waals surface area (Å²) in [4.78, 5) is 11.6. The third-order valence-electron chi connectivity index (χ3n) is 12.2. The van der Waals surface area contributed by atoms with E-state index < -0.39 is 0 Å². The van der Waals surface area contributed by atoms with Gasteiger partial charge in [-0.25, -0.2) is 0 Å². The van der Waals surface area contributed by atoms with Gasteiger partial charge in [0.2, 0.25) is 0 Å². The van der Waals surface area contributed by atoms with E-state index in [1.54, 1.807) is 6.92 Å². The van der Waals surface area contributed by atoms with Gasteiger partial charge in [-0.2, -0.15) is 0 Å².